The molecular weight excluding hydrogens is 318 g/mol. The van der Waals surface area contributed by atoms with Gasteiger partial charge in [-0.1, -0.05) is 72.8 Å². The first-order valence-corrected chi connectivity index (χ1v) is 9.47. The standard InChI is InChI=1S/C24H25NO/c26-24(20-11-4-1-5-12-20,21-13-6-2-7-14-21)22-15-10-16-23(19-22)25-17-8-3-9-18-25/h1-2,4-7,10-16,19,26H,3,8-9,17-18H2. The molecule has 1 aliphatic heterocycles. The van der Waals surface area contributed by atoms with Gasteiger partial charge in [0.05, 0.1) is 0 Å². The van der Waals surface area contributed by atoms with E-state index in [4.69, 9.17) is 0 Å². The fourth-order valence-corrected chi connectivity index (χ4v) is 3.94. The van der Waals surface area contributed by atoms with Crippen LogP contribution in [-0.4, -0.2) is 18.2 Å². The van der Waals surface area contributed by atoms with Gasteiger partial charge in [-0.15, -0.1) is 0 Å². The fraction of sp³-hybridized carbons (Fsp3) is 0.250. The summed E-state index contributed by atoms with van der Waals surface area (Å²) in [6.07, 6.45) is 3.80. The van der Waals surface area contributed by atoms with E-state index in [-0.39, 0.29) is 0 Å². The summed E-state index contributed by atoms with van der Waals surface area (Å²) in [6, 6.07) is 28.3. The average molecular weight is 343 g/mol. The van der Waals surface area contributed by atoms with Crippen LogP contribution in [0.4, 0.5) is 5.69 Å². The maximum absolute atomic E-state index is 11.9. The van der Waals surface area contributed by atoms with Crippen molar-refractivity contribution in [2.24, 2.45) is 0 Å². The van der Waals surface area contributed by atoms with E-state index in [1.54, 1.807) is 0 Å². The average Bonchev–Trinajstić information content (AvgIpc) is 2.75. The number of nitrogens with zero attached hydrogens (tertiary/aromatic N) is 1. The van der Waals surface area contributed by atoms with Crippen LogP contribution in [0.2, 0.25) is 0 Å². The van der Waals surface area contributed by atoms with Crippen molar-refractivity contribution >= 4 is 5.69 Å². The maximum atomic E-state index is 11.9. The third kappa shape index (κ3) is 3.13. The van der Waals surface area contributed by atoms with Gasteiger partial charge in [0.2, 0.25) is 0 Å². The number of hydrogen-bond donors (Lipinski definition) is 1. The Bertz CT molecular complexity index is 799. The molecule has 0 unspecified atom stereocenters. The van der Waals surface area contributed by atoms with E-state index in [0.29, 0.717) is 0 Å². The molecule has 0 saturated carbocycles. The molecule has 0 bridgehead atoms. The number of benzene rings is 3. The number of anilines is 1. The Kier molecular flexibility index (Phi) is 4.77. The van der Waals surface area contributed by atoms with Crippen molar-refractivity contribution in [3.05, 3.63) is 102 Å². The minimum absolute atomic E-state index is 0.891. The summed E-state index contributed by atoms with van der Waals surface area (Å²) in [5, 5.41) is 11.9. The van der Waals surface area contributed by atoms with E-state index in [2.05, 4.69) is 23.1 Å². The minimum atomic E-state index is -1.16. The molecule has 1 saturated heterocycles. The third-order valence-corrected chi connectivity index (χ3v) is 5.37. The van der Waals surface area contributed by atoms with Gasteiger partial charge in [0.15, 0.2) is 0 Å². The van der Waals surface area contributed by atoms with Crippen molar-refractivity contribution < 1.29 is 5.11 Å². The largest absolute Gasteiger partial charge is 0.376 e. The van der Waals surface area contributed by atoms with Crippen molar-refractivity contribution in [3.63, 3.8) is 0 Å². The summed E-state index contributed by atoms with van der Waals surface area (Å²) in [5.74, 6) is 0. The Labute approximate surface area is 155 Å². The van der Waals surface area contributed by atoms with Crippen LogP contribution in [0.25, 0.3) is 0 Å². The van der Waals surface area contributed by atoms with Gasteiger partial charge in [-0.25, -0.2) is 0 Å². The molecule has 132 valence electrons. The van der Waals surface area contributed by atoms with E-state index in [1.807, 2.05) is 66.7 Å². The Balaban J connectivity index is 1.82. The van der Waals surface area contributed by atoms with Gasteiger partial charge in [0.1, 0.15) is 5.60 Å². The molecule has 3 aromatic rings. The SMILES string of the molecule is OC(c1ccccc1)(c1ccccc1)c1cccc(N2CCCCC2)c1. The first-order valence-electron chi connectivity index (χ1n) is 9.47. The lowest BCUT2D eigenvalue weighted by molar-refractivity contribution is 0.126. The summed E-state index contributed by atoms with van der Waals surface area (Å²) in [4.78, 5) is 2.43. The maximum Gasteiger partial charge on any atom is 0.140 e. The second kappa shape index (κ2) is 7.35. The second-order valence-corrected chi connectivity index (χ2v) is 7.04. The highest BCUT2D eigenvalue weighted by molar-refractivity contribution is 5.55. The Morgan fingerprint density at radius 3 is 1.73 bits per heavy atom. The summed E-state index contributed by atoms with van der Waals surface area (Å²) in [5.41, 5.74) is 2.74. The molecule has 1 aliphatic rings. The van der Waals surface area contributed by atoms with E-state index in [9.17, 15) is 5.11 Å². The van der Waals surface area contributed by atoms with Crippen LogP contribution in [0.3, 0.4) is 0 Å². The summed E-state index contributed by atoms with van der Waals surface area (Å²) >= 11 is 0. The predicted molar refractivity (Wildman–Crippen MR) is 107 cm³/mol. The lowest BCUT2D eigenvalue weighted by Gasteiger charge is -2.33. The van der Waals surface area contributed by atoms with Crippen molar-refractivity contribution in [1.29, 1.82) is 0 Å². The first-order chi connectivity index (χ1) is 12.8. The minimum Gasteiger partial charge on any atom is -0.376 e. The van der Waals surface area contributed by atoms with E-state index in [0.717, 1.165) is 29.8 Å². The van der Waals surface area contributed by atoms with Gasteiger partial charge in [0.25, 0.3) is 0 Å². The molecule has 0 spiro atoms. The Hall–Kier alpha value is -2.58. The molecule has 1 fully saturated rings. The van der Waals surface area contributed by atoms with Crippen LogP contribution in [0.15, 0.2) is 84.9 Å². The van der Waals surface area contributed by atoms with Gasteiger partial charge >= 0.3 is 0 Å². The molecule has 0 aliphatic carbocycles. The van der Waals surface area contributed by atoms with Crippen LogP contribution >= 0.6 is 0 Å². The lowest BCUT2D eigenvalue weighted by atomic mass is 9.80. The number of piperidine rings is 1. The van der Waals surface area contributed by atoms with Crippen molar-refractivity contribution in [3.8, 4) is 0 Å². The molecule has 0 aromatic heterocycles. The zero-order valence-electron chi connectivity index (χ0n) is 15.0. The molecule has 0 radical (unpaired) electrons. The molecule has 1 N–H and O–H groups in total. The highest BCUT2D eigenvalue weighted by Gasteiger charge is 2.34. The smallest absolute Gasteiger partial charge is 0.140 e. The highest BCUT2D eigenvalue weighted by Crippen LogP contribution is 2.38. The van der Waals surface area contributed by atoms with Gasteiger partial charge in [-0.2, -0.15) is 0 Å². The summed E-state index contributed by atoms with van der Waals surface area (Å²) in [7, 11) is 0. The number of rotatable bonds is 4. The summed E-state index contributed by atoms with van der Waals surface area (Å²) < 4.78 is 0. The van der Waals surface area contributed by atoms with Crippen LogP contribution in [0.1, 0.15) is 36.0 Å². The fourth-order valence-electron chi connectivity index (χ4n) is 3.94. The van der Waals surface area contributed by atoms with Gasteiger partial charge in [-0.05, 0) is 48.1 Å². The lowest BCUT2D eigenvalue weighted by Crippen LogP contribution is -2.31. The van der Waals surface area contributed by atoms with Gasteiger partial charge in [0, 0.05) is 18.8 Å². The van der Waals surface area contributed by atoms with Crippen LogP contribution in [-0.2, 0) is 5.60 Å². The molecule has 26 heavy (non-hydrogen) atoms. The van der Waals surface area contributed by atoms with E-state index < -0.39 is 5.60 Å². The Morgan fingerprint density at radius 1 is 0.615 bits per heavy atom. The molecule has 3 aromatic carbocycles. The van der Waals surface area contributed by atoms with E-state index >= 15 is 0 Å². The van der Waals surface area contributed by atoms with Crippen LogP contribution < -0.4 is 4.90 Å². The van der Waals surface area contributed by atoms with Crippen molar-refractivity contribution in [2.45, 2.75) is 24.9 Å². The van der Waals surface area contributed by atoms with Crippen LogP contribution in [0, 0.1) is 0 Å². The zero-order valence-corrected chi connectivity index (χ0v) is 15.0. The predicted octanol–water partition coefficient (Wildman–Crippen LogP) is 4.96. The molecule has 1 heterocycles. The molecule has 0 atom stereocenters. The quantitative estimate of drug-likeness (QED) is 0.677. The second-order valence-electron chi connectivity index (χ2n) is 7.04. The molecule has 4 rings (SSSR count). The van der Waals surface area contributed by atoms with Gasteiger partial charge < -0.3 is 10.0 Å². The van der Waals surface area contributed by atoms with E-state index in [1.165, 1.54) is 24.9 Å². The summed E-state index contributed by atoms with van der Waals surface area (Å²) in [6.45, 7) is 2.19. The monoisotopic (exact) mass is 343 g/mol. The first kappa shape index (κ1) is 16.9. The third-order valence-electron chi connectivity index (χ3n) is 5.37. The highest BCUT2D eigenvalue weighted by atomic mass is 16.3. The topological polar surface area (TPSA) is 23.5 Å². The molecule has 0 amide bonds. The molecular formula is C24H25NO. The van der Waals surface area contributed by atoms with Crippen molar-refractivity contribution in [1.82, 2.24) is 0 Å². The number of hydrogen-bond acceptors (Lipinski definition) is 2. The van der Waals surface area contributed by atoms with Crippen molar-refractivity contribution in [2.75, 3.05) is 18.0 Å². The van der Waals surface area contributed by atoms with Crippen LogP contribution in [0.5, 0.6) is 0 Å². The molecule has 2 nitrogen and oxygen atoms in total. The Morgan fingerprint density at radius 2 is 1.15 bits per heavy atom. The number of aliphatic hydroxyl groups is 1. The van der Waals surface area contributed by atoms with Gasteiger partial charge in [-0.3, -0.25) is 0 Å². The normalized spacial score (nSPS) is 15.0. The zero-order chi connectivity index (χ0) is 17.8. The molecule has 2 heteroatoms.